The second-order valence-corrected chi connectivity index (χ2v) is 8.43. The summed E-state index contributed by atoms with van der Waals surface area (Å²) in [5.74, 6) is -1.00. The number of hydrogen-bond donors (Lipinski definition) is 2. The predicted octanol–water partition coefficient (Wildman–Crippen LogP) is 5.73. The van der Waals surface area contributed by atoms with E-state index in [1.165, 1.54) is 44.9 Å². The molecule has 1 aliphatic rings. The van der Waals surface area contributed by atoms with Crippen molar-refractivity contribution < 1.29 is 29.3 Å². The van der Waals surface area contributed by atoms with E-state index in [1.807, 2.05) is 0 Å². The highest BCUT2D eigenvalue weighted by molar-refractivity contribution is 6.16. The largest absolute Gasteiger partial charge is 0.507 e. The molecular formula is C26H32O6. The molecule has 0 amide bonds. The number of unbranched alkanes of at least 4 members (excludes halogenated alkanes) is 6. The zero-order chi connectivity index (χ0) is 23.3. The van der Waals surface area contributed by atoms with E-state index in [-0.39, 0.29) is 35.0 Å². The van der Waals surface area contributed by atoms with Crippen LogP contribution < -0.4 is 4.74 Å². The molecule has 0 radical (unpaired) electrons. The number of phenols is 2. The molecular weight excluding hydrogens is 408 g/mol. The molecule has 1 aliphatic carbocycles. The van der Waals surface area contributed by atoms with Crippen molar-refractivity contribution in [2.75, 3.05) is 7.11 Å². The number of aryl methyl sites for hydroxylation is 1. The lowest BCUT2D eigenvalue weighted by atomic mass is 9.81. The van der Waals surface area contributed by atoms with Crippen molar-refractivity contribution in [3.8, 4) is 17.2 Å². The third-order valence-corrected chi connectivity index (χ3v) is 5.90. The Kier molecular flexibility index (Phi) is 7.78. The van der Waals surface area contributed by atoms with E-state index in [1.54, 1.807) is 19.1 Å². The fourth-order valence-electron chi connectivity index (χ4n) is 4.28. The van der Waals surface area contributed by atoms with Gasteiger partial charge in [-0.2, -0.15) is 0 Å². The van der Waals surface area contributed by atoms with Crippen molar-refractivity contribution in [2.24, 2.45) is 0 Å². The Labute approximate surface area is 189 Å². The van der Waals surface area contributed by atoms with Crippen molar-refractivity contribution in [3.05, 3.63) is 52.1 Å². The number of carbonyl (C=O) groups is 2. The number of phenolic OH excluding ortho intramolecular Hbond substituents is 2. The SMILES string of the molecule is CCCCCCCCCC(=O)OC1c2cc(C)cc(O)c2C(=O)c2c(O)cc(OC)cc21. The minimum atomic E-state index is -0.915. The lowest BCUT2D eigenvalue weighted by Gasteiger charge is -2.29. The van der Waals surface area contributed by atoms with E-state index < -0.39 is 11.9 Å². The lowest BCUT2D eigenvalue weighted by molar-refractivity contribution is -0.147. The predicted molar refractivity (Wildman–Crippen MR) is 121 cm³/mol. The van der Waals surface area contributed by atoms with Gasteiger partial charge in [-0.1, -0.05) is 51.5 Å². The monoisotopic (exact) mass is 440 g/mol. The number of methoxy groups -OCH3 is 1. The maximum Gasteiger partial charge on any atom is 0.306 e. The van der Waals surface area contributed by atoms with E-state index in [2.05, 4.69) is 6.92 Å². The van der Waals surface area contributed by atoms with E-state index in [9.17, 15) is 19.8 Å². The summed E-state index contributed by atoms with van der Waals surface area (Å²) < 4.78 is 11.1. The third-order valence-electron chi connectivity index (χ3n) is 5.90. The third kappa shape index (κ3) is 5.06. The number of esters is 1. The minimum absolute atomic E-state index is 0.0196. The number of benzene rings is 2. The van der Waals surface area contributed by atoms with Gasteiger partial charge in [0, 0.05) is 23.6 Å². The zero-order valence-electron chi connectivity index (χ0n) is 19.1. The molecule has 1 atom stereocenters. The lowest BCUT2D eigenvalue weighted by Crippen LogP contribution is -2.24. The van der Waals surface area contributed by atoms with Crippen molar-refractivity contribution in [1.82, 2.24) is 0 Å². The van der Waals surface area contributed by atoms with Crippen LogP contribution in [0.4, 0.5) is 0 Å². The molecule has 0 aliphatic heterocycles. The van der Waals surface area contributed by atoms with Gasteiger partial charge < -0.3 is 19.7 Å². The van der Waals surface area contributed by atoms with Crippen LogP contribution in [0, 0.1) is 6.92 Å². The van der Waals surface area contributed by atoms with Crippen LogP contribution in [0.25, 0.3) is 0 Å². The van der Waals surface area contributed by atoms with Gasteiger partial charge in [-0.3, -0.25) is 9.59 Å². The molecule has 6 heteroatoms. The van der Waals surface area contributed by atoms with Gasteiger partial charge in [-0.05, 0) is 31.0 Å². The molecule has 1 unspecified atom stereocenters. The molecule has 172 valence electrons. The Morgan fingerprint density at radius 1 is 0.906 bits per heavy atom. The molecule has 6 nitrogen and oxygen atoms in total. The summed E-state index contributed by atoms with van der Waals surface area (Å²) in [6.45, 7) is 3.97. The second kappa shape index (κ2) is 10.5. The standard InChI is InChI=1S/C26H32O6/c1-4-5-6-7-8-9-10-11-22(29)32-26-18-12-16(2)13-20(27)23(18)25(30)24-19(26)14-17(31-3)15-21(24)28/h12-15,26-28H,4-11H2,1-3H3. The summed E-state index contributed by atoms with van der Waals surface area (Å²) >= 11 is 0. The van der Waals surface area contributed by atoms with E-state index in [0.717, 1.165) is 24.8 Å². The molecule has 0 fully saturated rings. The van der Waals surface area contributed by atoms with Crippen LogP contribution in [-0.2, 0) is 9.53 Å². The molecule has 2 N–H and O–H groups in total. The summed E-state index contributed by atoms with van der Waals surface area (Å²) in [6.07, 6.45) is 6.98. The van der Waals surface area contributed by atoms with Crippen LogP contribution in [0.5, 0.6) is 17.2 Å². The van der Waals surface area contributed by atoms with E-state index in [0.29, 0.717) is 16.9 Å². The molecule has 0 saturated carbocycles. The number of ether oxygens (including phenoxy) is 2. The summed E-state index contributed by atoms with van der Waals surface area (Å²) in [5.41, 5.74) is 1.58. The first-order valence-electron chi connectivity index (χ1n) is 11.4. The molecule has 2 aromatic rings. The summed E-state index contributed by atoms with van der Waals surface area (Å²) in [7, 11) is 1.46. The van der Waals surface area contributed by atoms with Gasteiger partial charge in [0.25, 0.3) is 0 Å². The van der Waals surface area contributed by atoms with Crippen LogP contribution in [-0.4, -0.2) is 29.1 Å². The van der Waals surface area contributed by atoms with Gasteiger partial charge in [0.05, 0.1) is 18.2 Å². The quantitative estimate of drug-likeness (QED) is 0.362. The molecule has 0 spiro atoms. The average molecular weight is 441 g/mol. The Hall–Kier alpha value is -3.02. The number of aromatic hydroxyl groups is 2. The summed E-state index contributed by atoms with van der Waals surface area (Å²) in [4.78, 5) is 25.8. The van der Waals surface area contributed by atoms with Crippen molar-refractivity contribution >= 4 is 11.8 Å². The molecule has 3 rings (SSSR count). The molecule has 0 aromatic heterocycles. The minimum Gasteiger partial charge on any atom is -0.507 e. The highest BCUT2D eigenvalue weighted by atomic mass is 16.5. The number of fused-ring (bicyclic) bond motifs is 2. The van der Waals surface area contributed by atoms with Crippen LogP contribution >= 0.6 is 0 Å². The molecule has 0 saturated heterocycles. The second-order valence-electron chi connectivity index (χ2n) is 8.43. The van der Waals surface area contributed by atoms with Crippen molar-refractivity contribution in [3.63, 3.8) is 0 Å². The summed E-state index contributed by atoms with van der Waals surface area (Å²) in [6, 6.07) is 6.16. The normalized spacial score (nSPS) is 14.6. The van der Waals surface area contributed by atoms with Gasteiger partial charge in [0.15, 0.2) is 6.10 Å². The fraction of sp³-hybridized carbons (Fsp3) is 0.462. The maximum atomic E-state index is 13.1. The summed E-state index contributed by atoms with van der Waals surface area (Å²) in [5, 5.41) is 21.0. The number of hydrogen-bond acceptors (Lipinski definition) is 6. The Morgan fingerprint density at radius 3 is 2.16 bits per heavy atom. The van der Waals surface area contributed by atoms with Crippen LogP contribution in [0.15, 0.2) is 24.3 Å². The van der Waals surface area contributed by atoms with E-state index >= 15 is 0 Å². The van der Waals surface area contributed by atoms with Gasteiger partial charge in [-0.25, -0.2) is 0 Å². The van der Waals surface area contributed by atoms with Gasteiger partial charge >= 0.3 is 5.97 Å². The van der Waals surface area contributed by atoms with Crippen molar-refractivity contribution in [1.29, 1.82) is 0 Å². The van der Waals surface area contributed by atoms with E-state index in [4.69, 9.17) is 9.47 Å². The first-order valence-corrected chi connectivity index (χ1v) is 11.4. The van der Waals surface area contributed by atoms with Crippen molar-refractivity contribution in [2.45, 2.75) is 71.3 Å². The fourth-order valence-corrected chi connectivity index (χ4v) is 4.28. The highest BCUT2D eigenvalue weighted by Crippen LogP contribution is 2.45. The Morgan fingerprint density at radius 2 is 1.50 bits per heavy atom. The topological polar surface area (TPSA) is 93.1 Å². The van der Waals surface area contributed by atoms with Gasteiger partial charge in [0.1, 0.15) is 17.2 Å². The van der Waals surface area contributed by atoms with Crippen LogP contribution in [0.2, 0.25) is 0 Å². The maximum absolute atomic E-state index is 13.1. The van der Waals surface area contributed by atoms with Crippen LogP contribution in [0.3, 0.4) is 0 Å². The average Bonchev–Trinajstić information content (AvgIpc) is 2.74. The molecule has 0 heterocycles. The number of carbonyl (C=O) groups excluding carboxylic acids is 2. The first-order chi connectivity index (χ1) is 15.4. The Balaban J connectivity index is 1.84. The number of ketones is 1. The Bertz CT molecular complexity index is 994. The molecule has 2 aromatic carbocycles. The smallest absolute Gasteiger partial charge is 0.306 e. The molecule has 32 heavy (non-hydrogen) atoms. The molecule has 0 bridgehead atoms. The number of rotatable bonds is 10. The van der Waals surface area contributed by atoms with Crippen LogP contribution in [0.1, 0.15) is 97.0 Å². The first kappa shape index (κ1) is 23.6. The highest BCUT2D eigenvalue weighted by Gasteiger charge is 2.38. The van der Waals surface area contributed by atoms with Gasteiger partial charge in [-0.15, -0.1) is 0 Å². The van der Waals surface area contributed by atoms with Gasteiger partial charge in [0.2, 0.25) is 5.78 Å². The zero-order valence-corrected chi connectivity index (χ0v) is 19.1.